The lowest BCUT2D eigenvalue weighted by molar-refractivity contribution is 0.393. The lowest BCUT2D eigenvalue weighted by Crippen LogP contribution is -2.13. The molecule has 0 bridgehead atoms. The van der Waals surface area contributed by atoms with Crippen LogP contribution in [0, 0.1) is 5.92 Å². The quantitative estimate of drug-likeness (QED) is 0.602. The highest BCUT2D eigenvalue weighted by Gasteiger charge is 2.17. The Bertz CT molecular complexity index is 83.0. The van der Waals surface area contributed by atoms with Gasteiger partial charge in [0.05, 0.1) is 0 Å². The number of hydrogen-bond acceptors (Lipinski definition) is 1. The Balaban J connectivity index is 2.14. The second-order valence-corrected chi connectivity index (χ2v) is 3.69. The molecule has 1 saturated heterocycles. The van der Waals surface area contributed by atoms with Crippen molar-refractivity contribution in [3.8, 4) is 0 Å². The first kappa shape index (κ1) is 7.55. The molecule has 1 aliphatic heterocycles. The van der Waals surface area contributed by atoms with Crippen molar-refractivity contribution < 1.29 is 0 Å². The molecule has 0 spiro atoms. The maximum Gasteiger partial charge on any atom is 0.00344 e. The Labute approximate surface area is 65.6 Å². The topological polar surface area (TPSA) is 3.24 Å². The van der Waals surface area contributed by atoms with Crippen LogP contribution >= 0.6 is 15.9 Å². The fraction of sp³-hybridized carbons (Fsp3) is 1.00. The van der Waals surface area contributed by atoms with Gasteiger partial charge in [0.15, 0.2) is 0 Å². The van der Waals surface area contributed by atoms with E-state index in [4.69, 9.17) is 0 Å². The van der Waals surface area contributed by atoms with E-state index in [0.29, 0.717) is 0 Å². The molecule has 0 saturated carbocycles. The SMILES string of the molecule is CN1CCC(CCBr)C1. The third kappa shape index (κ3) is 2.26. The highest BCUT2D eigenvalue weighted by atomic mass is 79.9. The van der Waals surface area contributed by atoms with E-state index in [9.17, 15) is 0 Å². The number of alkyl halides is 1. The molecule has 1 aliphatic rings. The highest BCUT2D eigenvalue weighted by molar-refractivity contribution is 9.09. The van der Waals surface area contributed by atoms with Crippen LogP contribution in [-0.4, -0.2) is 30.4 Å². The Morgan fingerprint density at radius 3 is 2.89 bits per heavy atom. The van der Waals surface area contributed by atoms with E-state index in [-0.39, 0.29) is 0 Å². The lowest BCUT2D eigenvalue weighted by Gasteiger charge is -2.07. The van der Waals surface area contributed by atoms with Crippen molar-refractivity contribution in [1.29, 1.82) is 0 Å². The molecule has 0 aromatic heterocycles. The molecule has 9 heavy (non-hydrogen) atoms. The predicted molar refractivity (Wildman–Crippen MR) is 44.0 cm³/mol. The van der Waals surface area contributed by atoms with Crippen molar-refractivity contribution in [3.63, 3.8) is 0 Å². The summed E-state index contributed by atoms with van der Waals surface area (Å²) in [6, 6.07) is 0. The minimum absolute atomic E-state index is 0.967. The van der Waals surface area contributed by atoms with Crippen LogP contribution in [0.5, 0.6) is 0 Å². The summed E-state index contributed by atoms with van der Waals surface area (Å²) in [5, 5.41) is 1.17. The average Bonchev–Trinajstić information content (AvgIpc) is 2.17. The van der Waals surface area contributed by atoms with Gasteiger partial charge in [-0.15, -0.1) is 0 Å². The molecular weight excluding hydrogens is 178 g/mol. The normalized spacial score (nSPS) is 29.3. The zero-order valence-electron chi connectivity index (χ0n) is 5.94. The molecule has 1 nitrogen and oxygen atoms in total. The first-order chi connectivity index (χ1) is 4.33. The third-order valence-corrected chi connectivity index (χ3v) is 2.46. The Morgan fingerprint density at radius 2 is 2.44 bits per heavy atom. The summed E-state index contributed by atoms with van der Waals surface area (Å²) in [6.45, 7) is 2.61. The van der Waals surface area contributed by atoms with E-state index in [0.717, 1.165) is 5.92 Å². The second-order valence-electron chi connectivity index (χ2n) is 2.89. The van der Waals surface area contributed by atoms with Gasteiger partial charge in [-0.25, -0.2) is 0 Å². The molecule has 1 unspecified atom stereocenters. The molecule has 1 rings (SSSR count). The summed E-state index contributed by atoms with van der Waals surface area (Å²) < 4.78 is 0. The average molecular weight is 192 g/mol. The van der Waals surface area contributed by atoms with Crippen molar-refractivity contribution >= 4 is 15.9 Å². The van der Waals surface area contributed by atoms with Gasteiger partial charge in [-0.1, -0.05) is 15.9 Å². The first-order valence-electron chi connectivity index (χ1n) is 3.57. The van der Waals surface area contributed by atoms with Crippen molar-refractivity contribution in [3.05, 3.63) is 0 Å². The number of halogens is 1. The molecule has 0 aromatic rings. The van der Waals surface area contributed by atoms with Gasteiger partial charge >= 0.3 is 0 Å². The van der Waals surface area contributed by atoms with Crippen molar-refractivity contribution in [2.75, 3.05) is 25.5 Å². The Morgan fingerprint density at radius 1 is 1.67 bits per heavy atom. The maximum atomic E-state index is 3.46. The summed E-state index contributed by atoms with van der Waals surface area (Å²) in [5.74, 6) is 0.967. The largest absolute Gasteiger partial charge is 0.306 e. The van der Waals surface area contributed by atoms with E-state index in [2.05, 4.69) is 27.9 Å². The van der Waals surface area contributed by atoms with Gasteiger partial charge in [0.1, 0.15) is 0 Å². The van der Waals surface area contributed by atoms with E-state index < -0.39 is 0 Å². The van der Waals surface area contributed by atoms with Gasteiger partial charge in [0.25, 0.3) is 0 Å². The van der Waals surface area contributed by atoms with Crippen LogP contribution in [0.25, 0.3) is 0 Å². The molecule has 0 amide bonds. The van der Waals surface area contributed by atoms with E-state index in [1.807, 2.05) is 0 Å². The molecular formula is C7H14BrN. The molecule has 54 valence electrons. The van der Waals surface area contributed by atoms with Gasteiger partial charge in [0, 0.05) is 11.9 Å². The summed E-state index contributed by atoms with van der Waals surface area (Å²) in [5.41, 5.74) is 0. The number of rotatable bonds is 2. The van der Waals surface area contributed by atoms with E-state index in [1.54, 1.807) is 0 Å². The standard InChI is InChI=1S/C7H14BrN/c1-9-5-3-7(6-9)2-4-8/h7H,2-6H2,1H3. The van der Waals surface area contributed by atoms with Crippen molar-refractivity contribution in [2.24, 2.45) is 5.92 Å². The zero-order chi connectivity index (χ0) is 6.69. The summed E-state index contributed by atoms with van der Waals surface area (Å²) >= 11 is 3.46. The summed E-state index contributed by atoms with van der Waals surface area (Å²) in [6.07, 6.45) is 2.76. The van der Waals surface area contributed by atoms with Crippen molar-refractivity contribution in [1.82, 2.24) is 4.90 Å². The van der Waals surface area contributed by atoms with Crippen molar-refractivity contribution in [2.45, 2.75) is 12.8 Å². The lowest BCUT2D eigenvalue weighted by atomic mass is 10.1. The first-order valence-corrected chi connectivity index (χ1v) is 4.69. The molecule has 1 heterocycles. The molecule has 1 fully saturated rings. The van der Waals surface area contributed by atoms with Gasteiger partial charge in [0.2, 0.25) is 0 Å². The van der Waals surface area contributed by atoms with Gasteiger partial charge in [-0.3, -0.25) is 0 Å². The number of nitrogens with zero attached hydrogens (tertiary/aromatic N) is 1. The van der Waals surface area contributed by atoms with Gasteiger partial charge in [-0.2, -0.15) is 0 Å². The van der Waals surface area contributed by atoms with Crippen LogP contribution in [0.2, 0.25) is 0 Å². The third-order valence-electron chi connectivity index (χ3n) is 2.01. The summed E-state index contributed by atoms with van der Waals surface area (Å²) in [7, 11) is 2.20. The van der Waals surface area contributed by atoms with Gasteiger partial charge < -0.3 is 4.90 Å². The molecule has 1 atom stereocenters. The number of likely N-dealkylation sites (tertiary alicyclic amines) is 1. The minimum Gasteiger partial charge on any atom is -0.306 e. The molecule has 0 aliphatic carbocycles. The highest BCUT2D eigenvalue weighted by Crippen LogP contribution is 2.18. The monoisotopic (exact) mass is 191 g/mol. The van der Waals surface area contributed by atoms with Gasteiger partial charge in [-0.05, 0) is 32.4 Å². The second kappa shape index (κ2) is 3.57. The molecule has 2 heteroatoms. The fourth-order valence-electron chi connectivity index (χ4n) is 1.42. The minimum atomic E-state index is 0.967. The maximum absolute atomic E-state index is 3.46. The Hall–Kier alpha value is 0.440. The van der Waals surface area contributed by atoms with Crippen LogP contribution in [0.3, 0.4) is 0 Å². The smallest absolute Gasteiger partial charge is 0.00344 e. The number of hydrogen-bond donors (Lipinski definition) is 0. The van der Waals surface area contributed by atoms with Crippen LogP contribution in [-0.2, 0) is 0 Å². The van der Waals surface area contributed by atoms with Crippen LogP contribution in [0.15, 0.2) is 0 Å². The fourth-order valence-corrected chi connectivity index (χ4v) is 2.06. The van der Waals surface area contributed by atoms with Crippen LogP contribution in [0.1, 0.15) is 12.8 Å². The van der Waals surface area contributed by atoms with E-state index in [1.165, 1.54) is 31.3 Å². The predicted octanol–water partition coefficient (Wildman–Crippen LogP) is 1.72. The Kier molecular flexibility index (Phi) is 2.99. The van der Waals surface area contributed by atoms with E-state index >= 15 is 0 Å². The van der Waals surface area contributed by atoms with Crippen LogP contribution in [0.4, 0.5) is 0 Å². The zero-order valence-corrected chi connectivity index (χ0v) is 7.52. The summed E-state index contributed by atoms with van der Waals surface area (Å²) in [4.78, 5) is 2.41. The van der Waals surface area contributed by atoms with Crippen LogP contribution < -0.4 is 0 Å². The molecule has 0 aromatic carbocycles. The molecule has 0 radical (unpaired) electrons. The molecule has 0 N–H and O–H groups in total.